The van der Waals surface area contributed by atoms with E-state index in [9.17, 15) is 5.11 Å². The Balaban J connectivity index is 0.000000220. The third-order valence-electron chi connectivity index (χ3n) is 3.13. The lowest BCUT2D eigenvalue weighted by molar-refractivity contribution is 0.288. The molecule has 2 rings (SSSR count). The standard InChI is InChI=1S/2C9H12O2/c10-6-2-4-8-3-1-5-9(11)7-8;10-7-3-5-8-4-1-2-6-9(8)11/h1,3,5,7,10-11H,2,4,6H2;1-2,4,6,10-11H,3,5,7H2. The van der Waals surface area contributed by atoms with Crippen molar-refractivity contribution in [1.29, 1.82) is 0 Å². The molecule has 0 aliphatic heterocycles. The number of aliphatic hydroxyl groups is 2. The number of aryl methyl sites for hydroxylation is 2. The second-order valence-electron chi connectivity index (χ2n) is 4.95. The minimum atomic E-state index is 0.175. The van der Waals surface area contributed by atoms with Gasteiger partial charge in [-0.1, -0.05) is 30.3 Å². The van der Waals surface area contributed by atoms with Gasteiger partial charge in [0.2, 0.25) is 0 Å². The second-order valence-corrected chi connectivity index (χ2v) is 4.95. The van der Waals surface area contributed by atoms with Gasteiger partial charge >= 0.3 is 0 Å². The molecule has 0 heterocycles. The maximum absolute atomic E-state index is 9.26. The van der Waals surface area contributed by atoms with Crippen molar-refractivity contribution in [3.63, 3.8) is 0 Å². The van der Waals surface area contributed by atoms with Gasteiger partial charge in [0.05, 0.1) is 0 Å². The summed E-state index contributed by atoms with van der Waals surface area (Å²) >= 11 is 0. The normalized spacial score (nSPS) is 9.91. The van der Waals surface area contributed by atoms with E-state index < -0.39 is 0 Å². The monoisotopic (exact) mass is 304 g/mol. The molecule has 0 fully saturated rings. The highest BCUT2D eigenvalue weighted by Gasteiger charge is 1.97. The van der Waals surface area contributed by atoms with E-state index >= 15 is 0 Å². The topological polar surface area (TPSA) is 80.9 Å². The van der Waals surface area contributed by atoms with E-state index in [1.807, 2.05) is 24.3 Å². The molecule has 0 bridgehead atoms. The Hall–Kier alpha value is -2.04. The fourth-order valence-corrected chi connectivity index (χ4v) is 1.99. The molecule has 22 heavy (non-hydrogen) atoms. The van der Waals surface area contributed by atoms with Gasteiger partial charge < -0.3 is 20.4 Å². The van der Waals surface area contributed by atoms with E-state index in [1.54, 1.807) is 24.3 Å². The van der Waals surface area contributed by atoms with Crippen LogP contribution in [-0.4, -0.2) is 33.6 Å². The molecule has 0 radical (unpaired) electrons. The number of para-hydroxylation sites is 1. The molecule has 0 saturated heterocycles. The van der Waals surface area contributed by atoms with Crippen molar-refractivity contribution < 1.29 is 20.4 Å². The van der Waals surface area contributed by atoms with Crippen LogP contribution in [0, 0.1) is 0 Å². The molecule has 0 spiro atoms. The largest absolute Gasteiger partial charge is 0.508 e. The van der Waals surface area contributed by atoms with Crippen LogP contribution >= 0.6 is 0 Å². The van der Waals surface area contributed by atoms with Crippen molar-refractivity contribution in [3.8, 4) is 11.5 Å². The molecule has 2 aromatic rings. The lowest BCUT2D eigenvalue weighted by Crippen LogP contribution is -1.89. The fraction of sp³-hybridized carbons (Fsp3) is 0.333. The van der Waals surface area contributed by atoms with Gasteiger partial charge in [0.15, 0.2) is 0 Å². The predicted molar refractivity (Wildman–Crippen MR) is 87.0 cm³/mol. The molecular formula is C18H24O4. The van der Waals surface area contributed by atoms with Crippen LogP contribution in [0.5, 0.6) is 11.5 Å². The highest BCUT2D eigenvalue weighted by Crippen LogP contribution is 2.16. The van der Waals surface area contributed by atoms with Gasteiger partial charge in [-0.2, -0.15) is 0 Å². The minimum Gasteiger partial charge on any atom is -0.508 e. The van der Waals surface area contributed by atoms with E-state index in [-0.39, 0.29) is 13.2 Å². The van der Waals surface area contributed by atoms with Gasteiger partial charge in [-0.05, 0) is 55.0 Å². The van der Waals surface area contributed by atoms with Crippen molar-refractivity contribution in [2.45, 2.75) is 25.7 Å². The highest BCUT2D eigenvalue weighted by atomic mass is 16.3. The second kappa shape index (κ2) is 10.7. The van der Waals surface area contributed by atoms with Gasteiger partial charge in [-0.15, -0.1) is 0 Å². The quantitative estimate of drug-likeness (QED) is 0.661. The summed E-state index contributed by atoms with van der Waals surface area (Å²) in [6.07, 6.45) is 3.02. The Morgan fingerprint density at radius 2 is 1.41 bits per heavy atom. The van der Waals surface area contributed by atoms with Crippen LogP contribution in [0.4, 0.5) is 0 Å². The van der Waals surface area contributed by atoms with E-state index in [2.05, 4.69) is 0 Å². The van der Waals surface area contributed by atoms with Gasteiger partial charge in [0, 0.05) is 13.2 Å². The highest BCUT2D eigenvalue weighted by molar-refractivity contribution is 5.31. The predicted octanol–water partition coefficient (Wildman–Crippen LogP) is 2.63. The van der Waals surface area contributed by atoms with Crippen molar-refractivity contribution in [1.82, 2.24) is 0 Å². The van der Waals surface area contributed by atoms with E-state index in [0.29, 0.717) is 17.9 Å². The average Bonchev–Trinajstić information content (AvgIpc) is 2.53. The Morgan fingerprint density at radius 1 is 0.727 bits per heavy atom. The molecule has 0 aliphatic rings. The van der Waals surface area contributed by atoms with Crippen molar-refractivity contribution >= 4 is 0 Å². The number of rotatable bonds is 6. The van der Waals surface area contributed by atoms with E-state index in [0.717, 1.165) is 30.4 Å². The fourth-order valence-electron chi connectivity index (χ4n) is 1.99. The number of hydrogen-bond acceptors (Lipinski definition) is 4. The van der Waals surface area contributed by atoms with Gasteiger partial charge in [0.1, 0.15) is 11.5 Å². The zero-order valence-corrected chi connectivity index (χ0v) is 12.7. The van der Waals surface area contributed by atoms with Crippen LogP contribution in [0.1, 0.15) is 24.0 Å². The van der Waals surface area contributed by atoms with Crippen molar-refractivity contribution in [2.24, 2.45) is 0 Å². The Kier molecular flexibility index (Phi) is 8.72. The molecule has 4 heteroatoms. The third kappa shape index (κ3) is 7.11. The minimum absolute atomic E-state index is 0.175. The summed E-state index contributed by atoms with van der Waals surface area (Å²) in [6.45, 7) is 0.379. The first kappa shape index (κ1) is 18.0. The molecule has 120 valence electrons. The van der Waals surface area contributed by atoms with Crippen LogP contribution < -0.4 is 0 Å². The first-order chi connectivity index (χ1) is 10.7. The molecular weight excluding hydrogens is 280 g/mol. The molecule has 0 aromatic heterocycles. The first-order valence-electron chi connectivity index (χ1n) is 7.44. The Bertz CT molecular complexity index is 540. The van der Waals surface area contributed by atoms with Crippen LogP contribution in [0.2, 0.25) is 0 Å². The molecule has 0 unspecified atom stereocenters. The summed E-state index contributed by atoms with van der Waals surface area (Å²) in [5.74, 6) is 0.612. The summed E-state index contributed by atoms with van der Waals surface area (Å²) in [4.78, 5) is 0. The summed E-state index contributed by atoms with van der Waals surface area (Å²) in [6, 6.07) is 14.3. The SMILES string of the molecule is OCCCc1cccc(O)c1.OCCCc1ccccc1O. The lowest BCUT2D eigenvalue weighted by atomic mass is 10.1. The maximum Gasteiger partial charge on any atom is 0.118 e. The molecule has 0 atom stereocenters. The molecule has 4 N–H and O–H groups in total. The summed E-state index contributed by atoms with van der Waals surface area (Å²) < 4.78 is 0. The van der Waals surface area contributed by atoms with Crippen LogP contribution in [0.15, 0.2) is 48.5 Å². The number of benzene rings is 2. The molecule has 0 amide bonds. The third-order valence-corrected chi connectivity index (χ3v) is 3.13. The van der Waals surface area contributed by atoms with E-state index in [4.69, 9.17) is 15.3 Å². The van der Waals surface area contributed by atoms with Crippen molar-refractivity contribution in [3.05, 3.63) is 59.7 Å². The van der Waals surface area contributed by atoms with Crippen LogP contribution in [0.25, 0.3) is 0 Å². The van der Waals surface area contributed by atoms with Gasteiger partial charge in [0.25, 0.3) is 0 Å². The molecule has 0 saturated carbocycles. The Morgan fingerprint density at radius 3 is 2.05 bits per heavy atom. The number of phenolic OH excluding ortho intramolecular Hbond substituents is 2. The summed E-state index contributed by atoms with van der Waals surface area (Å²) in [5, 5.41) is 35.4. The van der Waals surface area contributed by atoms with Crippen molar-refractivity contribution in [2.75, 3.05) is 13.2 Å². The molecule has 0 aliphatic carbocycles. The van der Waals surface area contributed by atoms with Crippen LogP contribution in [-0.2, 0) is 12.8 Å². The molecule has 4 nitrogen and oxygen atoms in total. The number of aromatic hydroxyl groups is 2. The summed E-state index contributed by atoms with van der Waals surface area (Å²) in [5.41, 5.74) is 1.97. The number of aliphatic hydroxyl groups excluding tert-OH is 2. The summed E-state index contributed by atoms with van der Waals surface area (Å²) in [7, 11) is 0. The smallest absolute Gasteiger partial charge is 0.118 e. The van der Waals surface area contributed by atoms with Gasteiger partial charge in [-0.25, -0.2) is 0 Å². The average molecular weight is 304 g/mol. The zero-order chi connectivity index (χ0) is 16.2. The first-order valence-corrected chi connectivity index (χ1v) is 7.44. The number of hydrogen-bond donors (Lipinski definition) is 4. The lowest BCUT2D eigenvalue weighted by Gasteiger charge is -2.00. The van der Waals surface area contributed by atoms with Crippen LogP contribution in [0.3, 0.4) is 0 Å². The zero-order valence-electron chi connectivity index (χ0n) is 12.7. The van der Waals surface area contributed by atoms with E-state index in [1.165, 1.54) is 0 Å². The molecule has 2 aromatic carbocycles. The number of phenols is 2. The Labute approximate surface area is 131 Å². The maximum atomic E-state index is 9.26. The van der Waals surface area contributed by atoms with Gasteiger partial charge in [-0.3, -0.25) is 0 Å².